The summed E-state index contributed by atoms with van der Waals surface area (Å²) in [4.78, 5) is 4.86. The summed E-state index contributed by atoms with van der Waals surface area (Å²) < 4.78 is 7.03. The van der Waals surface area contributed by atoms with Gasteiger partial charge in [-0.15, -0.1) is 0 Å². The number of hydrogen-bond acceptors (Lipinski definition) is 1. The molecule has 0 unspecified atom stereocenters. The van der Waals surface area contributed by atoms with E-state index in [-0.39, 0.29) is 0 Å². The van der Waals surface area contributed by atoms with Crippen molar-refractivity contribution < 1.29 is 4.74 Å². The van der Waals surface area contributed by atoms with Gasteiger partial charge in [0.2, 0.25) is 0 Å². The minimum atomic E-state index is -1.46. The van der Waals surface area contributed by atoms with Crippen LogP contribution in [-0.4, -0.2) is 26.9 Å². The van der Waals surface area contributed by atoms with Crippen molar-refractivity contribution in [2.24, 2.45) is 0 Å². The van der Waals surface area contributed by atoms with E-state index in [0.717, 1.165) is 5.75 Å². The molecular weight excluding hydrogens is 279 g/mol. The Balaban J connectivity index is 3.14. The second kappa shape index (κ2) is 5.64. The summed E-state index contributed by atoms with van der Waals surface area (Å²) in [7, 11) is 1.78. The van der Waals surface area contributed by atoms with Crippen LogP contribution >= 0.6 is 0 Å². The fourth-order valence-corrected chi connectivity index (χ4v) is 6.95. The van der Waals surface area contributed by atoms with Gasteiger partial charge >= 0.3 is 94.3 Å². The van der Waals surface area contributed by atoms with Gasteiger partial charge in [0.05, 0.1) is 0 Å². The molecule has 0 aliphatic rings. The van der Waals surface area contributed by atoms with Crippen LogP contribution in [0.15, 0.2) is 18.2 Å². The van der Waals surface area contributed by atoms with Crippen LogP contribution in [0.25, 0.3) is 0 Å². The summed E-state index contributed by atoms with van der Waals surface area (Å²) in [6.07, 6.45) is 2.42. The molecule has 0 aliphatic heterocycles. The van der Waals surface area contributed by atoms with E-state index in [2.05, 4.69) is 35.0 Å². The molecule has 0 fully saturated rings. The Morgan fingerprint density at radius 3 is 2.50 bits per heavy atom. The zero-order valence-electron chi connectivity index (χ0n) is 9.63. The Bertz CT molecular complexity index is 294. The molecule has 1 nitrogen and oxygen atoms in total. The summed E-state index contributed by atoms with van der Waals surface area (Å²) in [6.45, 7) is 2.24. The van der Waals surface area contributed by atoms with E-state index < -0.39 is 19.8 Å². The first kappa shape index (κ1) is 11.9. The molecule has 0 saturated heterocycles. The SMILES string of the molecule is CCCc1cccc(OC)[c]1[SnH]([CH3])[CH3]. The molecule has 0 saturated carbocycles. The molecule has 0 aliphatic carbocycles. The Labute approximate surface area is 94.2 Å². The molecule has 78 valence electrons. The molecule has 0 spiro atoms. The van der Waals surface area contributed by atoms with Crippen LogP contribution in [0.1, 0.15) is 18.9 Å². The first-order valence-electron chi connectivity index (χ1n) is 5.36. The van der Waals surface area contributed by atoms with Crippen molar-refractivity contribution in [3.63, 3.8) is 0 Å². The van der Waals surface area contributed by atoms with Crippen molar-refractivity contribution in [1.82, 2.24) is 0 Å². The second-order valence-corrected chi connectivity index (χ2v) is 12.2. The Morgan fingerprint density at radius 1 is 1.29 bits per heavy atom. The van der Waals surface area contributed by atoms with E-state index in [1.165, 1.54) is 18.4 Å². The van der Waals surface area contributed by atoms with Gasteiger partial charge in [0.1, 0.15) is 0 Å². The normalized spacial score (nSPS) is 10.6. The van der Waals surface area contributed by atoms with Crippen molar-refractivity contribution in [3.05, 3.63) is 23.8 Å². The monoisotopic (exact) mass is 300 g/mol. The molecule has 0 heterocycles. The number of methoxy groups -OCH3 is 1. The van der Waals surface area contributed by atoms with Crippen LogP contribution in [0.2, 0.25) is 9.88 Å². The Morgan fingerprint density at radius 2 is 2.00 bits per heavy atom. The minimum absolute atomic E-state index is 1.13. The van der Waals surface area contributed by atoms with E-state index >= 15 is 0 Å². The Kier molecular flexibility index (Phi) is 4.79. The third-order valence-corrected chi connectivity index (χ3v) is 7.64. The van der Waals surface area contributed by atoms with Crippen molar-refractivity contribution in [2.45, 2.75) is 29.6 Å². The van der Waals surface area contributed by atoms with Crippen molar-refractivity contribution in [1.29, 1.82) is 0 Å². The van der Waals surface area contributed by atoms with Crippen molar-refractivity contribution in [3.8, 4) is 5.75 Å². The summed E-state index contributed by atoms with van der Waals surface area (Å²) in [5, 5.41) is 0. The van der Waals surface area contributed by atoms with Gasteiger partial charge in [-0.05, 0) is 0 Å². The van der Waals surface area contributed by atoms with Crippen LogP contribution < -0.4 is 8.32 Å². The number of rotatable bonds is 4. The predicted octanol–water partition coefficient (Wildman–Crippen LogP) is 2.34. The zero-order valence-corrected chi connectivity index (χ0v) is 12.9. The molecule has 1 aromatic rings. The molecule has 0 N–H and O–H groups in total. The van der Waals surface area contributed by atoms with Gasteiger partial charge in [0.25, 0.3) is 0 Å². The van der Waals surface area contributed by atoms with Gasteiger partial charge in [0, 0.05) is 0 Å². The summed E-state index contributed by atoms with van der Waals surface area (Å²) >= 11 is -1.46. The van der Waals surface area contributed by atoms with E-state index in [4.69, 9.17) is 4.74 Å². The molecule has 1 aromatic carbocycles. The summed E-state index contributed by atoms with van der Waals surface area (Å²) in [5.41, 5.74) is 1.53. The van der Waals surface area contributed by atoms with Gasteiger partial charge in [-0.25, -0.2) is 0 Å². The predicted molar refractivity (Wildman–Crippen MR) is 65.5 cm³/mol. The topological polar surface area (TPSA) is 9.23 Å². The van der Waals surface area contributed by atoms with Crippen molar-refractivity contribution >= 4 is 23.3 Å². The molecule has 1 rings (SSSR count). The summed E-state index contributed by atoms with van der Waals surface area (Å²) in [5.74, 6) is 1.13. The van der Waals surface area contributed by atoms with E-state index in [9.17, 15) is 0 Å². The third-order valence-electron chi connectivity index (χ3n) is 2.47. The van der Waals surface area contributed by atoms with E-state index in [0.29, 0.717) is 0 Å². The molecule has 0 amide bonds. The number of ether oxygens (including phenoxy) is 1. The van der Waals surface area contributed by atoms with Crippen molar-refractivity contribution in [2.75, 3.05) is 7.11 Å². The van der Waals surface area contributed by atoms with Gasteiger partial charge in [-0.3, -0.25) is 0 Å². The van der Waals surface area contributed by atoms with Crippen LogP contribution in [0, 0.1) is 0 Å². The number of benzene rings is 1. The summed E-state index contributed by atoms with van der Waals surface area (Å²) in [6, 6.07) is 6.48. The molecular formula is C12H20OSn. The quantitative estimate of drug-likeness (QED) is 0.776. The molecule has 0 radical (unpaired) electrons. The first-order chi connectivity index (χ1) is 6.70. The number of aryl methyl sites for hydroxylation is 1. The van der Waals surface area contributed by atoms with Crippen LogP contribution in [0.5, 0.6) is 5.75 Å². The first-order valence-corrected chi connectivity index (χ1v) is 13.6. The maximum atomic E-state index is 5.45. The van der Waals surface area contributed by atoms with E-state index in [1.807, 2.05) is 0 Å². The van der Waals surface area contributed by atoms with Crippen LogP contribution in [0.3, 0.4) is 0 Å². The van der Waals surface area contributed by atoms with Gasteiger partial charge in [-0.1, -0.05) is 0 Å². The van der Waals surface area contributed by atoms with Gasteiger partial charge < -0.3 is 0 Å². The second-order valence-electron chi connectivity index (χ2n) is 3.94. The zero-order chi connectivity index (χ0) is 10.6. The molecule has 2 heteroatoms. The standard InChI is InChI=1S/C10H13O.2CH3.Sn.H/c1-3-5-9-6-4-7-10(8-9)11-2;;;;/h4,6-7H,3,5H2,1-2H3;2*1H3;;. The third kappa shape index (κ3) is 2.66. The average molecular weight is 299 g/mol. The fourth-order valence-electron chi connectivity index (χ4n) is 1.91. The van der Waals surface area contributed by atoms with Crippen LogP contribution in [-0.2, 0) is 6.42 Å². The average Bonchev–Trinajstić information content (AvgIpc) is 2.17. The number of hydrogen-bond donors (Lipinski definition) is 0. The molecule has 0 atom stereocenters. The molecule has 0 aromatic heterocycles. The van der Waals surface area contributed by atoms with Crippen LogP contribution in [0.4, 0.5) is 0 Å². The van der Waals surface area contributed by atoms with Gasteiger partial charge in [0.15, 0.2) is 0 Å². The van der Waals surface area contributed by atoms with Gasteiger partial charge in [-0.2, -0.15) is 0 Å². The van der Waals surface area contributed by atoms with E-state index in [1.54, 1.807) is 10.7 Å². The molecule has 14 heavy (non-hydrogen) atoms. The molecule has 0 bridgehead atoms. The fraction of sp³-hybridized carbons (Fsp3) is 0.500. The maximum absolute atomic E-state index is 5.45. The Hall–Kier alpha value is -0.181.